The number of aromatic hydroxyl groups is 1. The molecule has 2 amide bonds. The quantitative estimate of drug-likeness (QED) is 0.580. The molecule has 0 radical (unpaired) electrons. The van der Waals surface area contributed by atoms with Gasteiger partial charge in [0.15, 0.2) is 0 Å². The lowest BCUT2D eigenvalue weighted by Crippen LogP contribution is -2.50. The predicted molar refractivity (Wildman–Crippen MR) is 135 cm³/mol. The molecule has 3 rings (SSSR count). The molecule has 1 aliphatic heterocycles. The Kier molecular flexibility index (Phi) is 7.70. The second-order valence-corrected chi connectivity index (χ2v) is 9.90. The molecule has 1 unspecified atom stereocenters. The van der Waals surface area contributed by atoms with Crippen LogP contribution in [0.4, 0.5) is 4.79 Å². The van der Waals surface area contributed by atoms with E-state index in [4.69, 9.17) is 0 Å². The standard InChI is InChI=1S/C28H36N2O4/c1-6-29(7-2)26(32)20-13-11-19(12-14-20)25(21-9-8-10-23(31)17-21)22-15-16-30(27(33)34)24(18-22)28(3,4)5/h8-14,17,24,31H,6-7,15-16,18H2,1-5H3,(H,33,34)/b25-22-. The molecule has 34 heavy (non-hydrogen) atoms. The first-order valence-corrected chi connectivity index (χ1v) is 12.0. The second-order valence-electron chi connectivity index (χ2n) is 9.90. The molecule has 0 bridgehead atoms. The molecule has 2 aromatic carbocycles. The minimum Gasteiger partial charge on any atom is -0.508 e. The average molecular weight is 465 g/mol. The van der Waals surface area contributed by atoms with E-state index in [0.717, 1.165) is 22.3 Å². The van der Waals surface area contributed by atoms with Gasteiger partial charge in [-0.2, -0.15) is 0 Å². The summed E-state index contributed by atoms with van der Waals surface area (Å²) in [4.78, 5) is 28.0. The van der Waals surface area contributed by atoms with Gasteiger partial charge in [0.05, 0.1) is 0 Å². The monoisotopic (exact) mass is 464 g/mol. The maximum atomic E-state index is 12.8. The first-order valence-electron chi connectivity index (χ1n) is 12.0. The van der Waals surface area contributed by atoms with Crippen LogP contribution >= 0.6 is 0 Å². The number of amides is 2. The Balaban J connectivity index is 2.09. The van der Waals surface area contributed by atoms with E-state index in [1.54, 1.807) is 21.9 Å². The third kappa shape index (κ3) is 5.44. The van der Waals surface area contributed by atoms with Gasteiger partial charge in [0.25, 0.3) is 5.91 Å². The lowest BCUT2D eigenvalue weighted by molar-refractivity contribution is 0.0722. The van der Waals surface area contributed by atoms with Crippen molar-refractivity contribution >= 4 is 17.6 Å². The molecule has 0 aliphatic carbocycles. The van der Waals surface area contributed by atoms with Crippen LogP contribution in [0.3, 0.4) is 0 Å². The van der Waals surface area contributed by atoms with Crippen molar-refractivity contribution in [1.82, 2.24) is 9.80 Å². The van der Waals surface area contributed by atoms with E-state index < -0.39 is 6.09 Å². The van der Waals surface area contributed by atoms with Crippen LogP contribution in [0.5, 0.6) is 5.75 Å². The van der Waals surface area contributed by atoms with Gasteiger partial charge >= 0.3 is 6.09 Å². The van der Waals surface area contributed by atoms with E-state index in [1.807, 2.05) is 50.2 Å². The van der Waals surface area contributed by atoms with Gasteiger partial charge in [-0.25, -0.2) is 4.79 Å². The van der Waals surface area contributed by atoms with E-state index in [1.165, 1.54) is 0 Å². The molecule has 0 aromatic heterocycles. The summed E-state index contributed by atoms with van der Waals surface area (Å²) in [6, 6.07) is 14.6. The highest BCUT2D eigenvalue weighted by molar-refractivity contribution is 5.95. The third-order valence-electron chi connectivity index (χ3n) is 6.68. The topological polar surface area (TPSA) is 81.1 Å². The van der Waals surface area contributed by atoms with Crippen molar-refractivity contribution in [2.45, 2.75) is 53.5 Å². The van der Waals surface area contributed by atoms with Gasteiger partial charge in [-0.15, -0.1) is 0 Å². The molecular formula is C28H36N2O4. The van der Waals surface area contributed by atoms with Gasteiger partial charge in [-0.3, -0.25) is 4.79 Å². The van der Waals surface area contributed by atoms with Gasteiger partial charge in [0, 0.05) is 31.2 Å². The molecule has 1 heterocycles. The number of piperidine rings is 1. The Hall–Kier alpha value is -3.28. The Morgan fingerprint density at radius 3 is 2.15 bits per heavy atom. The zero-order valence-electron chi connectivity index (χ0n) is 20.8. The first kappa shape index (κ1) is 25.3. The van der Waals surface area contributed by atoms with E-state index in [0.29, 0.717) is 38.0 Å². The van der Waals surface area contributed by atoms with E-state index in [2.05, 4.69) is 20.8 Å². The number of carbonyl (C=O) groups is 2. The number of carbonyl (C=O) groups excluding carboxylic acids is 1. The van der Waals surface area contributed by atoms with E-state index >= 15 is 0 Å². The first-order chi connectivity index (χ1) is 16.1. The predicted octanol–water partition coefficient (Wildman–Crippen LogP) is 5.86. The maximum absolute atomic E-state index is 12.8. The summed E-state index contributed by atoms with van der Waals surface area (Å²) in [6.45, 7) is 11.9. The van der Waals surface area contributed by atoms with E-state index in [-0.39, 0.29) is 23.1 Å². The molecule has 2 N–H and O–H groups in total. The molecular weight excluding hydrogens is 428 g/mol. The molecule has 6 nitrogen and oxygen atoms in total. The van der Waals surface area contributed by atoms with E-state index in [9.17, 15) is 19.8 Å². The van der Waals surface area contributed by atoms with Crippen LogP contribution in [0.2, 0.25) is 0 Å². The highest BCUT2D eigenvalue weighted by atomic mass is 16.4. The zero-order chi connectivity index (χ0) is 25.0. The van der Waals surface area contributed by atoms with Crippen LogP contribution in [-0.2, 0) is 0 Å². The molecule has 1 aliphatic rings. The number of hydrogen-bond donors (Lipinski definition) is 2. The largest absolute Gasteiger partial charge is 0.508 e. The van der Waals surface area contributed by atoms with Crippen LogP contribution in [0.1, 0.15) is 68.9 Å². The molecule has 0 spiro atoms. The number of phenols is 1. The number of carboxylic acid groups (broad SMARTS) is 1. The highest BCUT2D eigenvalue weighted by Crippen LogP contribution is 2.40. The fourth-order valence-electron chi connectivity index (χ4n) is 4.80. The number of likely N-dealkylation sites (tertiary alicyclic amines) is 1. The average Bonchev–Trinajstić information content (AvgIpc) is 2.80. The lowest BCUT2D eigenvalue weighted by atomic mass is 9.76. The fraction of sp³-hybridized carbons (Fsp3) is 0.429. The molecule has 2 aromatic rings. The van der Waals surface area contributed by atoms with Crippen molar-refractivity contribution in [3.05, 3.63) is 70.8 Å². The Labute approximate surface area is 202 Å². The Morgan fingerprint density at radius 2 is 1.62 bits per heavy atom. The Bertz CT molecular complexity index is 1060. The van der Waals surface area contributed by atoms with Crippen molar-refractivity contribution < 1.29 is 19.8 Å². The molecule has 182 valence electrons. The zero-order valence-corrected chi connectivity index (χ0v) is 20.8. The van der Waals surface area contributed by atoms with Gasteiger partial charge < -0.3 is 20.0 Å². The summed E-state index contributed by atoms with van der Waals surface area (Å²) in [5.74, 6) is 0.185. The number of phenolic OH excluding ortho intramolecular Hbond substituents is 1. The normalized spacial score (nSPS) is 17.9. The minimum absolute atomic E-state index is 0.00525. The molecule has 1 fully saturated rings. The summed E-state index contributed by atoms with van der Waals surface area (Å²) < 4.78 is 0. The van der Waals surface area contributed by atoms with Crippen molar-refractivity contribution in [2.24, 2.45) is 5.41 Å². The summed E-state index contributed by atoms with van der Waals surface area (Å²) >= 11 is 0. The van der Waals surface area contributed by atoms with Crippen LogP contribution in [-0.4, -0.2) is 57.7 Å². The molecule has 1 atom stereocenters. The summed E-state index contributed by atoms with van der Waals surface area (Å²) in [5.41, 5.74) is 4.40. The SMILES string of the molecule is CCN(CC)C(=O)c1ccc(/C(=C2\CCN(C(=O)O)C(C(C)(C)C)C2)c2cccc(O)c2)cc1. The van der Waals surface area contributed by atoms with Crippen LogP contribution in [0, 0.1) is 5.41 Å². The van der Waals surface area contributed by atoms with Crippen molar-refractivity contribution in [1.29, 1.82) is 0 Å². The number of rotatable bonds is 5. The molecule has 1 saturated heterocycles. The summed E-state index contributed by atoms with van der Waals surface area (Å²) in [7, 11) is 0. The van der Waals surface area contributed by atoms with Gasteiger partial charge in [-0.05, 0) is 73.1 Å². The van der Waals surface area contributed by atoms with Crippen molar-refractivity contribution in [3.63, 3.8) is 0 Å². The van der Waals surface area contributed by atoms with Gasteiger partial charge in [-0.1, -0.05) is 50.6 Å². The minimum atomic E-state index is -0.892. The smallest absolute Gasteiger partial charge is 0.407 e. The molecule has 0 saturated carbocycles. The highest BCUT2D eigenvalue weighted by Gasteiger charge is 2.37. The second kappa shape index (κ2) is 10.3. The Morgan fingerprint density at radius 1 is 1.00 bits per heavy atom. The van der Waals surface area contributed by atoms with Gasteiger partial charge in [0.2, 0.25) is 0 Å². The number of hydrogen-bond acceptors (Lipinski definition) is 3. The van der Waals surface area contributed by atoms with Crippen LogP contribution in [0.15, 0.2) is 54.1 Å². The number of benzene rings is 2. The van der Waals surface area contributed by atoms with Crippen molar-refractivity contribution in [2.75, 3.05) is 19.6 Å². The van der Waals surface area contributed by atoms with Crippen LogP contribution < -0.4 is 0 Å². The van der Waals surface area contributed by atoms with Crippen molar-refractivity contribution in [3.8, 4) is 5.75 Å². The van der Waals surface area contributed by atoms with Crippen LogP contribution in [0.25, 0.3) is 5.57 Å². The summed E-state index contributed by atoms with van der Waals surface area (Å²) in [6.07, 6.45) is 0.336. The lowest BCUT2D eigenvalue weighted by Gasteiger charge is -2.43. The third-order valence-corrected chi connectivity index (χ3v) is 6.68. The maximum Gasteiger partial charge on any atom is 0.407 e. The fourth-order valence-corrected chi connectivity index (χ4v) is 4.80. The summed E-state index contributed by atoms with van der Waals surface area (Å²) in [5, 5.41) is 20.0. The molecule has 6 heteroatoms. The van der Waals surface area contributed by atoms with Gasteiger partial charge in [0.1, 0.15) is 5.75 Å². The number of nitrogens with zero attached hydrogens (tertiary/aromatic N) is 2.